The van der Waals surface area contributed by atoms with Gasteiger partial charge in [0.25, 0.3) is 5.91 Å². The zero-order chi connectivity index (χ0) is 32.3. The molecule has 2 amide bonds. The maximum absolute atomic E-state index is 14.4. The number of aromatic nitrogens is 1. The topological polar surface area (TPSA) is 97.8 Å². The van der Waals surface area contributed by atoms with Crippen molar-refractivity contribution < 1.29 is 23.9 Å². The van der Waals surface area contributed by atoms with E-state index in [1.165, 1.54) is 11.9 Å². The third-order valence-electron chi connectivity index (χ3n) is 9.59. The molecule has 1 aromatic carbocycles. The minimum absolute atomic E-state index is 0.0108. The summed E-state index contributed by atoms with van der Waals surface area (Å²) < 4.78 is 15.5. The van der Waals surface area contributed by atoms with Gasteiger partial charge in [-0.05, 0) is 54.0 Å². The number of ether oxygens (including phenoxy) is 2. The number of Topliss-reactive ketones (excluding diaryl/α,β-unsaturated/α-hetero) is 1. The summed E-state index contributed by atoms with van der Waals surface area (Å²) in [6.45, 7) is 14.5. The second-order valence-corrected chi connectivity index (χ2v) is 15.0. The van der Waals surface area contributed by atoms with Gasteiger partial charge in [0.05, 0.1) is 18.7 Å². The van der Waals surface area contributed by atoms with Crippen LogP contribution in [0.4, 0.5) is 0 Å². The molecule has 1 fully saturated rings. The number of likely N-dealkylation sites (tertiary alicyclic amines) is 1. The highest BCUT2D eigenvalue weighted by molar-refractivity contribution is 7.97. The molecule has 1 aliphatic carbocycles. The number of methoxy groups -OCH3 is 1. The molecule has 0 unspecified atom stereocenters. The maximum atomic E-state index is 14.4. The van der Waals surface area contributed by atoms with Crippen molar-refractivity contribution in [3.05, 3.63) is 58.0 Å². The highest BCUT2D eigenvalue weighted by Gasteiger charge is 2.56. The van der Waals surface area contributed by atoms with E-state index in [-0.39, 0.29) is 40.6 Å². The number of amides is 2. The third-order valence-corrected chi connectivity index (χ3v) is 9.98. The molecule has 8 nitrogen and oxygen atoms in total. The van der Waals surface area contributed by atoms with Crippen molar-refractivity contribution in [2.45, 2.75) is 85.8 Å². The number of benzene rings is 1. The smallest absolute Gasteiger partial charge is 0.279 e. The summed E-state index contributed by atoms with van der Waals surface area (Å²) in [5.41, 5.74) is 4.45. The monoisotopic (exact) mass is 619 g/mol. The van der Waals surface area contributed by atoms with Gasteiger partial charge in [-0.1, -0.05) is 52.6 Å². The van der Waals surface area contributed by atoms with Gasteiger partial charge >= 0.3 is 0 Å². The van der Waals surface area contributed by atoms with E-state index >= 15 is 0 Å². The highest BCUT2D eigenvalue weighted by atomic mass is 32.2. The number of carbonyl (C=O) groups is 3. The molecule has 236 valence electrons. The van der Waals surface area contributed by atoms with Crippen LogP contribution >= 0.6 is 11.9 Å². The molecule has 0 radical (unpaired) electrons. The van der Waals surface area contributed by atoms with E-state index in [1.807, 2.05) is 50.1 Å². The number of carbonyl (C=O) groups excluding carboxylic acids is 3. The first-order valence-electron chi connectivity index (χ1n) is 15.3. The lowest BCUT2D eigenvalue weighted by molar-refractivity contribution is -0.157. The van der Waals surface area contributed by atoms with Crippen molar-refractivity contribution in [3.63, 3.8) is 0 Å². The van der Waals surface area contributed by atoms with Gasteiger partial charge in [-0.3, -0.25) is 19.1 Å². The van der Waals surface area contributed by atoms with Crippen LogP contribution in [0.5, 0.6) is 5.75 Å². The largest absolute Gasteiger partial charge is 0.496 e. The number of aryl methyl sites for hydroxylation is 1. The minimum atomic E-state index is -0.584. The summed E-state index contributed by atoms with van der Waals surface area (Å²) in [4.78, 5) is 47.9. The predicted molar refractivity (Wildman–Crippen MR) is 173 cm³/mol. The molecule has 2 aromatic rings. The van der Waals surface area contributed by atoms with Crippen LogP contribution < -0.4 is 9.46 Å². The maximum Gasteiger partial charge on any atom is 0.279 e. The molecular weight excluding hydrogens is 574 g/mol. The van der Waals surface area contributed by atoms with Crippen LogP contribution in [-0.2, 0) is 14.3 Å². The molecule has 9 heteroatoms. The molecule has 5 rings (SSSR count). The normalized spacial score (nSPS) is 24.8. The molecule has 1 saturated heterocycles. The number of hydrogen-bond donors (Lipinski definition) is 1. The molecule has 3 heterocycles. The number of pyridine rings is 1. The first-order chi connectivity index (χ1) is 20.6. The summed E-state index contributed by atoms with van der Waals surface area (Å²) in [5, 5.41) is 0. The predicted octanol–water partition coefficient (Wildman–Crippen LogP) is 6.40. The Kier molecular flexibility index (Phi) is 8.42. The van der Waals surface area contributed by atoms with E-state index in [1.54, 1.807) is 13.4 Å². The number of nitrogens with zero attached hydrogens (tertiary/aromatic N) is 2. The van der Waals surface area contributed by atoms with Gasteiger partial charge in [-0.15, -0.1) is 0 Å². The lowest BCUT2D eigenvalue weighted by Gasteiger charge is -2.52. The van der Waals surface area contributed by atoms with Crippen LogP contribution in [0, 0.1) is 30.6 Å². The van der Waals surface area contributed by atoms with Crippen LogP contribution in [0.3, 0.4) is 0 Å². The van der Waals surface area contributed by atoms with Crippen LogP contribution in [0.1, 0.15) is 87.0 Å². The third kappa shape index (κ3) is 5.52. The van der Waals surface area contributed by atoms with Gasteiger partial charge in [0.1, 0.15) is 23.3 Å². The van der Waals surface area contributed by atoms with Gasteiger partial charge in [-0.2, -0.15) is 0 Å². The number of piperidine rings is 1. The van der Waals surface area contributed by atoms with Crippen molar-refractivity contribution in [1.82, 2.24) is 14.6 Å². The Bertz CT molecular complexity index is 1560. The van der Waals surface area contributed by atoms with Gasteiger partial charge in [-0.25, -0.2) is 4.98 Å². The second kappa shape index (κ2) is 11.5. The molecular formula is C35H45N3O5S. The number of ketones is 1. The Morgan fingerprint density at radius 2 is 1.84 bits per heavy atom. The minimum Gasteiger partial charge on any atom is -0.496 e. The van der Waals surface area contributed by atoms with E-state index in [4.69, 9.17) is 14.5 Å². The Morgan fingerprint density at radius 3 is 2.48 bits per heavy atom. The fraction of sp³-hybridized carbons (Fsp3) is 0.543. The zero-order valence-electron chi connectivity index (χ0n) is 27.6. The number of nitrogens with one attached hydrogen (secondary N) is 1. The SMILES string of the molecule is COc1ccc(-c2ccc(C)c(C(=O)NSC)n2)c(C)c1[C@H]1C2=C(CC(C)(C)CC2=O)O[C@H]2C[C@@H](C(C)(C)C)N(C)C(=O)[C@@H]21. The van der Waals surface area contributed by atoms with Crippen LogP contribution in [-0.4, -0.2) is 60.0 Å². The number of allylic oxidation sites excluding steroid dienone is 2. The standard InChI is InChI=1S/C35H45N3O5S/c1-18-11-13-21(36-31(18)32(40)37-44-10)20-12-14-23(42-9)27(19(20)2)30-28-22(39)16-35(6,7)17-25(28)43-24-15-26(34(3,4)5)38(8)33(41)29(24)30/h11-14,24,26,29-30H,15-17H2,1-10H3,(H,37,40)/t24-,26-,29-,30-/m0/s1. The Hall–Kier alpha value is -3.33. The summed E-state index contributed by atoms with van der Waals surface area (Å²) in [6.07, 6.45) is 3.11. The molecule has 0 spiro atoms. The average Bonchev–Trinajstić information content (AvgIpc) is 2.93. The van der Waals surface area contributed by atoms with Crippen molar-refractivity contribution >= 4 is 29.5 Å². The summed E-state index contributed by atoms with van der Waals surface area (Å²) in [5.74, 6) is -0.0655. The molecule has 3 aliphatic rings. The molecule has 1 N–H and O–H groups in total. The highest BCUT2D eigenvalue weighted by Crippen LogP contribution is 2.55. The first-order valence-corrected chi connectivity index (χ1v) is 16.5. The van der Waals surface area contributed by atoms with Gasteiger partial charge in [0, 0.05) is 61.2 Å². The fourth-order valence-electron chi connectivity index (χ4n) is 7.50. The average molecular weight is 620 g/mol. The van der Waals surface area contributed by atoms with Crippen LogP contribution in [0.25, 0.3) is 11.3 Å². The number of hydrogen-bond acceptors (Lipinski definition) is 7. The fourth-order valence-corrected chi connectivity index (χ4v) is 7.78. The van der Waals surface area contributed by atoms with E-state index in [9.17, 15) is 14.4 Å². The van der Waals surface area contributed by atoms with E-state index in [0.29, 0.717) is 47.7 Å². The van der Waals surface area contributed by atoms with E-state index < -0.39 is 11.8 Å². The summed E-state index contributed by atoms with van der Waals surface area (Å²) in [6, 6.07) is 7.61. The van der Waals surface area contributed by atoms with Crippen molar-refractivity contribution in [2.75, 3.05) is 20.4 Å². The Balaban J connectivity index is 1.74. The summed E-state index contributed by atoms with van der Waals surface area (Å²) in [7, 11) is 3.49. The second-order valence-electron chi connectivity index (χ2n) is 14.4. The molecule has 2 aliphatic heterocycles. The first kappa shape index (κ1) is 32.1. The van der Waals surface area contributed by atoms with Crippen molar-refractivity contribution in [1.29, 1.82) is 0 Å². The Labute approximate surface area is 265 Å². The molecule has 4 atom stereocenters. The lowest BCUT2D eigenvalue weighted by atomic mass is 9.63. The molecule has 44 heavy (non-hydrogen) atoms. The van der Waals surface area contributed by atoms with Crippen LogP contribution in [0.2, 0.25) is 0 Å². The summed E-state index contributed by atoms with van der Waals surface area (Å²) >= 11 is 1.23. The zero-order valence-corrected chi connectivity index (χ0v) is 28.4. The Morgan fingerprint density at radius 1 is 1.14 bits per heavy atom. The van der Waals surface area contributed by atoms with Crippen molar-refractivity contribution in [3.8, 4) is 17.0 Å². The van der Waals surface area contributed by atoms with E-state index in [2.05, 4.69) is 39.3 Å². The molecule has 0 saturated carbocycles. The van der Waals surface area contributed by atoms with Crippen LogP contribution in [0.15, 0.2) is 35.6 Å². The van der Waals surface area contributed by atoms with E-state index in [0.717, 1.165) is 22.3 Å². The lowest BCUT2D eigenvalue weighted by Crippen LogP contribution is -2.59. The van der Waals surface area contributed by atoms with Gasteiger partial charge in [0.2, 0.25) is 5.91 Å². The van der Waals surface area contributed by atoms with Gasteiger partial charge in [0.15, 0.2) is 5.78 Å². The number of rotatable bonds is 5. The molecule has 1 aromatic heterocycles. The molecule has 0 bridgehead atoms. The van der Waals surface area contributed by atoms with Crippen molar-refractivity contribution in [2.24, 2.45) is 16.7 Å². The van der Waals surface area contributed by atoms with Gasteiger partial charge < -0.3 is 14.4 Å². The number of fused-ring (bicyclic) bond motifs is 1. The quantitative estimate of drug-likeness (QED) is 0.387.